The van der Waals surface area contributed by atoms with E-state index in [-0.39, 0.29) is 18.6 Å². The highest BCUT2D eigenvalue weighted by atomic mass is 16.5. The molecule has 0 bridgehead atoms. The van der Waals surface area contributed by atoms with Gasteiger partial charge in [-0.05, 0) is 53.6 Å². The van der Waals surface area contributed by atoms with Gasteiger partial charge in [-0.2, -0.15) is 0 Å². The standard InChI is InChI=1S/C21H21NO4/c23-20(22-12-17-5-3-9-25-17)13-26-21(24)16-8-7-15-10-14-4-1-2-6-18(14)19(15)11-16/h1-2,4,6-8,11,17H,3,5,9-10,12-13H2,(H,22,23)/t17-/m0/s1. The van der Waals surface area contributed by atoms with E-state index in [0.717, 1.165) is 37.0 Å². The highest BCUT2D eigenvalue weighted by molar-refractivity contribution is 5.94. The smallest absolute Gasteiger partial charge is 0.338 e. The fourth-order valence-electron chi connectivity index (χ4n) is 3.55. The van der Waals surface area contributed by atoms with Crippen molar-refractivity contribution in [3.8, 4) is 11.1 Å². The summed E-state index contributed by atoms with van der Waals surface area (Å²) < 4.78 is 10.6. The second kappa shape index (κ2) is 7.30. The number of rotatable bonds is 5. The van der Waals surface area contributed by atoms with Crippen molar-refractivity contribution in [2.45, 2.75) is 25.4 Å². The zero-order valence-electron chi connectivity index (χ0n) is 14.5. The maximum Gasteiger partial charge on any atom is 0.338 e. The first-order valence-corrected chi connectivity index (χ1v) is 8.97. The Bertz CT molecular complexity index is 840. The number of carbonyl (C=O) groups excluding carboxylic acids is 2. The molecule has 2 aromatic rings. The number of hydrogen-bond acceptors (Lipinski definition) is 4. The quantitative estimate of drug-likeness (QED) is 0.718. The summed E-state index contributed by atoms with van der Waals surface area (Å²) in [7, 11) is 0. The molecule has 1 saturated heterocycles. The van der Waals surface area contributed by atoms with Crippen LogP contribution in [0.1, 0.15) is 34.3 Å². The van der Waals surface area contributed by atoms with E-state index in [2.05, 4.69) is 17.4 Å². The molecule has 26 heavy (non-hydrogen) atoms. The summed E-state index contributed by atoms with van der Waals surface area (Å²) in [5.74, 6) is -0.787. The average molecular weight is 351 g/mol. The normalized spacial score (nSPS) is 17.5. The van der Waals surface area contributed by atoms with Crippen molar-refractivity contribution < 1.29 is 19.1 Å². The van der Waals surface area contributed by atoms with Gasteiger partial charge in [0.1, 0.15) is 0 Å². The van der Waals surface area contributed by atoms with Gasteiger partial charge in [-0.3, -0.25) is 4.79 Å². The summed E-state index contributed by atoms with van der Waals surface area (Å²) in [6.45, 7) is 0.933. The van der Waals surface area contributed by atoms with E-state index in [1.165, 1.54) is 11.1 Å². The van der Waals surface area contributed by atoms with Crippen LogP contribution in [-0.2, 0) is 20.7 Å². The van der Waals surface area contributed by atoms with Crippen LogP contribution in [-0.4, -0.2) is 37.7 Å². The Labute approximate surface area is 152 Å². The van der Waals surface area contributed by atoms with Gasteiger partial charge in [-0.25, -0.2) is 4.79 Å². The van der Waals surface area contributed by atoms with Gasteiger partial charge < -0.3 is 14.8 Å². The molecule has 0 spiro atoms. The molecule has 2 aliphatic rings. The molecular formula is C21H21NO4. The Kier molecular flexibility index (Phi) is 4.71. The summed E-state index contributed by atoms with van der Waals surface area (Å²) in [6.07, 6.45) is 2.94. The minimum atomic E-state index is -0.482. The number of amides is 1. The lowest BCUT2D eigenvalue weighted by Gasteiger charge is -2.11. The van der Waals surface area contributed by atoms with Crippen LogP contribution in [0.2, 0.25) is 0 Å². The van der Waals surface area contributed by atoms with Gasteiger partial charge in [-0.1, -0.05) is 30.3 Å². The van der Waals surface area contributed by atoms with Gasteiger partial charge >= 0.3 is 5.97 Å². The molecule has 134 valence electrons. The highest BCUT2D eigenvalue weighted by Crippen LogP contribution is 2.36. The van der Waals surface area contributed by atoms with Crippen LogP contribution in [0.4, 0.5) is 0 Å². The molecule has 1 heterocycles. The molecule has 1 aliphatic carbocycles. The van der Waals surface area contributed by atoms with Crippen molar-refractivity contribution in [3.05, 3.63) is 59.2 Å². The lowest BCUT2D eigenvalue weighted by atomic mass is 10.0. The largest absolute Gasteiger partial charge is 0.452 e. The molecule has 2 aromatic carbocycles. The lowest BCUT2D eigenvalue weighted by molar-refractivity contribution is -0.124. The first-order chi connectivity index (χ1) is 12.7. The third kappa shape index (κ3) is 3.48. The zero-order chi connectivity index (χ0) is 17.9. The van der Waals surface area contributed by atoms with Crippen LogP contribution >= 0.6 is 0 Å². The second-order valence-electron chi connectivity index (χ2n) is 6.72. The first kappa shape index (κ1) is 16.8. The number of nitrogens with one attached hydrogen (secondary N) is 1. The summed E-state index contributed by atoms with van der Waals surface area (Å²) >= 11 is 0. The number of carbonyl (C=O) groups is 2. The van der Waals surface area contributed by atoms with Gasteiger partial charge in [0.25, 0.3) is 5.91 Å². The first-order valence-electron chi connectivity index (χ1n) is 8.97. The number of ether oxygens (including phenoxy) is 2. The maximum absolute atomic E-state index is 12.3. The Balaban J connectivity index is 1.35. The van der Waals surface area contributed by atoms with Crippen LogP contribution in [0.15, 0.2) is 42.5 Å². The molecular weight excluding hydrogens is 330 g/mol. The topological polar surface area (TPSA) is 64.6 Å². The summed E-state index contributed by atoms with van der Waals surface area (Å²) in [4.78, 5) is 24.1. The number of benzene rings is 2. The Hall–Kier alpha value is -2.66. The summed E-state index contributed by atoms with van der Waals surface area (Å²) in [5, 5.41) is 2.74. The third-order valence-corrected chi connectivity index (χ3v) is 4.92. The van der Waals surface area contributed by atoms with E-state index in [4.69, 9.17) is 9.47 Å². The van der Waals surface area contributed by atoms with Crippen molar-refractivity contribution in [1.29, 1.82) is 0 Å². The number of esters is 1. The average Bonchev–Trinajstić information content (AvgIpc) is 3.31. The van der Waals surface area contributed by atoms with Crippen molar-refractivity contribution in [1.82, 2.24) is 5.32 Å². The van der Waals surface area contributed by atoms with Crippen LogP contribution in [0.5, 0.6) is 0 Å². The van der Waals surface area contributed by atoms with Crippen LogP contribution in [0.25, 0.3) is 11.1 Å². The molecule has 1 amide bonds. The molecule has 1 N–H and O–H groups in total. The van der Waals surface area contributed by atoms with Crippen LogP contribution in [0, 0.1) is 0 Å². The van der Waals surface area contributed by atoms with E-state index in [9.17, 15) is 9.59 Å². The monoisotopic (exact) mass is 351 g/mol. The molecule has 4 rings (SSSR count). The molecule has 0 saturated carbocycles. The lowest BCUT2D eigenvalue weighted by Crippen LogP contribution is -2.34. The molecule has 5 nitrogen and oxygen atoms in total. The summed E-state index contributed by atoms with van der Waals surface area (Å²) in [6, 6.07) is 13.8. The maximum atomic E-state index is 12.3. The minimum absolute atomic E-state index is 0.0754. The minimum Gasteiger partial charge on any atom is -0.452 e. The van der Waals surface area contributed by atoms with Crippen molar-refractivity contribution in [2.24, 2.45) is 0 Å². The van der Waals surface area contributed by atoms with Gasteiger partial charge in [-0.15, -0.1) is 0 Å². The van der Waals surface area contributed by atoms with Crippen molar-refractivity contribution in [3.63, 3.8) is 0 Å². The zero-order valence-corrected chi connectivity index (χ0v) is 14.5. The van der Waals surface area contributed by atoms with E-state index in [1.54, 1.807) is 6.07 Å². The molecule has 0 aromatic heterocycles. The molecule has 0 unspecified atom stereocenters. The van der Waals surface area contributed by atoms with E-state index in [1.807, 2.05) is 24.3 Å². The van der Waals surface area contributed by atoms with E-state index in [0.29, 0.717) is 12.1 Å². The molecule has 0 radical (unpaired) electrons. The molecule has 5 heteroatoms. The number of fused-ring (bicyclic) bond motifs is 3. The van der Waals surface area contributed by atoms with Gasteiger partial charge in [0, 0.05) is 13.2 Å². The fraction of sp³-hybridized carbons (Fsp3) is 0.333. The molecule has 1 atom stereocenters. The van der Waals surface area contributed by atoms with Crippen molar-refractivity contribution in [2.75, 3.05) is 19.8 Å². The van der Waals surface area contributed by atoms with Crippen LogP contribution < -0.4 is 5.32 Å². The van der Waals surface area contributed by atoms with Crippen LogP contribution in [0.3, 0.4) is 0 Å². The highest BCUT2D eigenvalue weighted by Gasteiger charge is 2.21. The third-order valence-electron chi connectivity index (χ3n) is 4.92. The Morgan fingerprint density at radius 3 is 2.81 bits per heavy atom. The summed E-state index contributed by atoms with van der Waals surface area (Å²) in [5.41, 5.74) is 5.16. The Morgan fingerprint density at radius 2 is 1.96 bits per heavy atom. The van der Waals surface area contributed by atoms with Gasteiger partial charge in [0.2, 0.25) is 0 Å². The predicted molar refractivity (Wildman–Crippen MR) is 97.0 cm³/mol. The SMILES string of the molecule is O=C(COC(=O)c1ccc2c(c1)-c1ccccc1C2)NC[C@@H]1CCCO1. The van der Waals surface area contributed by atoms with Crippen molar-refractivity contribution >= 4 is 11.9 Å². The Morgan fingerprint density at radius 1 is 1.12 bits per heavy atom. The second-order valence-corrected chi connectivity index (χ2v) is 6.72. The fourth-order valence-corrected chi connectivity index (χ4v) is 3.55. The molecule has 1 fully saturated rings. The predicted octanol–water partition coefficient (Wildman–Crippen LogP) is 2.71. The van der Waals surface area contributed by atoms with Gasteiger partial charge in [0.05, 0.1) is 11.7 Å². The number of hydrogen-bond donors (Lipinski definition) is 1. The van der Waals surface area contributed by atoms with E-state index < -0.39 is 5.97 Å². The van der Waals surface area contributed by atoms with Gasteiger partial charge in [0.15, 0.2) is 6.61 Å². The molecule has 1 aliphatic heterocycles. The van der Waals surface area contributed by atoms with E-state index >= 15 is 0 Å².